The van der Waals surface area contributed by atoms with E-state index in [0.29, 0.717) is 11.3 Å². The standard InChI is InChI=1S/C10H18N2O/c1-11-6-10(4-5-10)7-12-9(13)8-2-3-8/h8,11H,2-7H2,1H3,(H,12,13). The molecule has 0 heterocycles. The van der Waals surface area contributed by atoms with Gasteiger partial charge < -0.3 is 10.6 Å². The van der Waals surface area contributed by atoms with Crippen molar-refractivity contribution in [3.63, 3.8) is 0 Å². The van der Waals surface area contributed by atoms with Gasteiger partial charge in [-0.15, -0.1) is 0 Å². The molecule has 2 aliphatic carbocycles. The molecule has 0 saturated heterocycles. The number of nitrogens with one attached hydrogen (secondary N) is 2. The van der Waals surface area contributed by atoms with E-state index in [9.17, 15) is 4.79 Å². The van der Waals surface area contributed by atoms with Gasteiger partial charge in [0.2, 0.25) is 5.91 Å². The Morgan fingerprint density at radius 2 is 2.08 bits per heavy atom. The lowest BCUT2D eigenvalue weighted by Crippen LogP contribution is -2.35. The van der Waals surface area contributed by atoms with Crippen molar-refractivity contribution >= 4 is 5.91 Å². The summed E-state index contributed by atoms with van der Waals surface area (Å²) in [6.45, 7) is 1.92. The second-order valence-electron chi connectivity index (χ2n) is 4.52. The monoisotopic (exact) mass is 182 g/mol. The predicted octanol–water partition coefficient (Wildman–Crippen LogP) is 0.512. The molecule has 13 heavy (non-hydrogen) atoms. The van der Waals surface area contributed by atoms with Gasteiger partial charge in [0.1, 0.15) is 0 Å². The number of carbonyl (C=O) groups excluding carboxylic acids is 1. The number of hydrogen-bond acceptors (Lipinski definition) is 2. The summed E-state index contributed by atoms with van der Waals surface area (Å²) in [6, 6.07) is 0. The van der Waals surface area contributed by atoms with Gasteiger partial charge in [0.05, 0.1) is 0 Å². The van der Waals surface area contributed by atoms with E-state index in [1.54, 1.807) is 0 Å². The van der Waals surface area contributed by atoms with E-state index in [2.05, 4.69) is 10.6 Å². The van der Waals surface area contributed by atoms with Crippen molar-refractivity contribution in [3.8, 4) is 0 Å². The van der Waals surface area contributed by atoms with Crippen molar-refractivity contribution in [1.82, 2.24) is 10.6 Å². The Hall–Kier alpha value is -0.570. The van der Waals surface area contributed by atoms with Gasteiger partial charge >= 0.3 is 0 Å². The summed E-state index contributed by atoms with van der Waals surface area (Å²) in [5.74, 6) is 0.632. The third kappa shape index (κ3) is 2.21. The van der Waals surface area contributed by atoms with Crippen LogP contribution in [0.4, 0.5) is 0 Å². The van der Waals surface area contributed by atoms with Crippen molar-refractivity contribution in [2.45, 2.75) is 25.7 Å². The summed E-state index contributed by atoms with van der Waals surface area (Å²) < 4.78 is 0. The first-order chi connectivity index (χ1) is 6.26. The second kappa shape index (κ2) is 3.29. The minimum Gasteiger partial charge on any atom is -0.355 e. The van der Waals surface area contributed by atoms with Crippen LogP contribution < -0.4 is 10.6 Å². The first-order valence-corrected chi connectivity index (χ1v) is 5.18. The molecule has 1 amide bonds. The van der Waals surface area contributed by atoms with E-state index in [1.165, 1.54) is 12.8 Å². The van der Waals surface area contributed by atoms with Crippen LogP contribution in [-0.4, -0.2) is 26.0 Å². The minimum atomic E-state index is 0.280. The third-order valence-electron chi connectivity index (χ3n) is 3.09. The van der Waals surface area contributed by atoms with Gasteiger partial charge in [0.25, 0.3) is 0 Å². The number of rotatable bonds is 5. The smallest absolute Gasteiger partial charge is 0.223 e. The van der Waals surface area contributed by atoms with Crippen LogP contribution in [0.2, 0.25) is 0 Å². The molecule has 0 unspecified atom stereocenters. The molecule has 0 bridgehead atoms. The molecule has 0 aromatic rings. The first kappa shape index (κ1) is 9.00. The third-order valence-corrected chi connectivity index (χ3v) is 3.09. The summed E-state index contributed by atoms with van der Waals surface area (Å²) in [6.07, 6.45) is 4.73. The molecule has 2 saturated carbocycles. The van der Waals surface area contributed by atoms with Crippen molar-refractivity contribution in [2.24, 2.45) is 11.3 Å². The fourth-order valence-corrected chi connectivity index (χ4v) is 1.73. The molecule has 2 fully saturated rings. The zero-order chi connectivity index (χ0) is 9.31. The van der Waals surface area contributed by atoms with Gasteiger partial charge in [-0.3, -0.25) is 4.79 Å². The molecule has 3 heteroatoms. The van der Waals surface area contributed by atoms with Crippen LogP contribution >= 0.6 is 0 Å². The molecular weight excluding hydrogens is 164 g/mol. The highest BCUT2D eigenvalue weighted by atomic mass is 16.2. The lowest BCUT2D eigenvalue weighted by Gasteiger charge is -2.14. The molecule has 2 rings (SSSR count). The fraction of sp³-hybridized carbons (Fsp3) is 0.900. The normalized spacial score (nSPS) is 24.1. The van der Waals surface area contributed by atoms with Crippen molar-refractivity contribution in [2.75, 3.05) is 20.1 Å². The molecular formula is C10H18N2O. The van der Waals surface area contributed by atoms with E-state index in [1.807, 2.05) is 7.05 Å². The quantitative estimate of drug-likeness (QED) is 0.650. The topological polar surface area (TPSA) is 41.1 Å². The van der Waals surface area contributed by atoms with Crippen LogP contribution in [0.3, 0.4) is 0 Å². The van der Waals surface area contributed by atoms with Crippen molar-refractivity contribution in [3.05, 3.63) is 0 Å². The highest BCUT2D eigenvalue weighted by Crippen LogP contribution is 2.44. The average Bonchev–Trinajstić information content (AvgIpc) is 2.97. The maximum Gasteiger partial charge on any atom is 0.223 e. The second-order valence-corrected chi connectivity index (χ2v) is 4.52. The van der Waals surface area contributed by atoms with Crippen LogP contribution in [0.15, 0.2) is 0 Å². The van der Waals surface area contributed by atoms with Gasteiger partial charge in [-0.25, -0.2) is 0 Å². The Kier molecular flexibility index (Phi) is 2.28. The molecule has 0 atom stereocenters. The molecule has 74 valence electrons. The number of amides is 1. The number of hydrogen-bond donors (Lipinski definition) is 2. The maximum absolute atomic E-state index is 11.4. The zero-order valence-corrected chi connectivity index (χ0v) is 8.23. The Balaban J connectivity index is 1.69. The van der Waals surface area contributed by atoms with E-state index < -0.39 is 0 Å². The summed E-state index contributed by atoms with van der Waals surface area (Å²) in [4.78, 5) is 11.4. The van der Waals surface area contributed by atoms with Crippen LogP contribution in [0.25, 0.3) is 0 Å². The van der Waals surface area contributed by atoms with Crippen LogP contribution in [0.1, 0.15) is 25.7 Å². The Morgan fingerprint density at radius 1 is 1.38 bits per heavy atom. The van der Waals surface area contributed by atoms with E-state index >= 15 is 0 Å². The molecule has 0 radical (unpaired) electrons. The predicted molar refractivity (Wildman–Crippen MR) is 51.3 cm³/mol. The molecule has 2 N–H and O–H groups in total. The summed E-state index contributed by atoms with van der Waals surface area (Å²) in [7, 11) is 1.97. The maximum atomic E-state index is 11.4. The number of carbonyl (C=O) groups is 1. The summed E-state index contributed by atoms with van der Waals surface area (Å²) in [5, 5.41) is 6.24. The van der Waals surface area contributed by atoms with Gasteiger partial charge in [0, 0.05) is 24.4 Å². The van der Waals surface area contributed by atoms with Crippen LogP contribution in [0, 0.1) is 11.3 Å². The van der Waals surface area contributed by atoms with Crippen LogP contribution in [0.5, 0.6) is 0 Å². The summed E-state index contributed by atoms with van der Waals surface area (Å²) in [5.41, 5.74) is 0.402. The lowest BCUT2D eigenvalue weighted by molar-refractivity contribution is -0.122. The summed E-state index contributed by atoms with van der Waals surface area (Å²) >= 11 is 0. The molecule has 0 aromatic carbocycles. The minimum absolute atomic E-state index is 0.280. The van der Waals surface area contributed by atoms with E-state index in [-0.39, 0.29) is 5.91 Å². The van der Waals surface area contributed by atoms with Crippen molar-refractivity contribution in [1.29, 1.82) is 0 Å². The van der Waals surface area contributed by atoms with Gasteiger partial charge in [-0.1, -0.05) is 0 Å². The zero-order valence-electron chi connectivity index (χ0n) is 8.23. The highest BCUT2D eigenvalue weighted by Gasteiger charge is 2.42. The fourth-order valence-electron chi connectivity index (χ4n) is 1.73. The molecule has 0 aliphatic heterocycles. The van der Waals surface area contributed by atoms with E-state index in [0.717, 1.165) is 25.9 Å². The molecule has 3 nitrogen and oxygen atoms in total. The molecule has 0 aromatic heterocycles. The molecule has 0 spiro atoms. The highest BCUT2D eigenvalue weighted by molar-refractivity contribution is 5.80. The van der Waals surface area contributed by atoms with E-state index in [4.69, 9.17) is 0 Å². The largest absolute Gasteiger partial charge is 0.355 e. The van der Waals surface area contributed by atoms with Gasteiger partial charge in [0.15, 0.2) is 0 Å². The SMILES string of the molecule is CNCC1(CNC(=O)C2CC2)CC1. The average molecular weight is 182 g/mol. The Morgan fingerprint density at radius 3 is 2.54 bits per heavy atom. The first-order valence-electron chi connectivity index (χ1n) is 5.18. The lowest BCUT2D eigenvalue weighted by atomic mass is 10.1. The molecule has 2 aliphatic rings. The van der Waals surface area contributed by atoms with Crippen molar-refractivity contribution < 1.29 is 4.79 Å². The van der Waals surface area contributed by atoms with Gasteiger partial charge in [-0.2, -0.15) is 0 Å². The van der Waals surface area contributed by atoms with Gasteiger partial charge in [-0.05, 0) is 32.7 Å². The Bertz CT molecular complexity index is 207. The van der Waals surface area contributed by atoms with Crippen LogP contribution in [-0.2, 0) is 4.79 Å². The Labute approximate surface area is 79.3 Å².